The number of hydrogen-bond donors (Lipinski definition) is 0. The second-order valence-electron chi connectivity index (χ2n) is 5.97. The summed E-state index contributed by atoms with van der Waals surface area (Å²) in [6.07, 6.45) is 1.49. The highest BCUT2D eigenvalue weighted by molar-refractivity contribution is 6.31. The van der Waals surface area contributed by atoms with Crippen LogP contribution in [-0.2, 0) is 6.61 Å². The summed E-state index contributed by atoms with van der Waals surface area (Å²) in [4.78, 5) is 12.6. The second kappa shape index (κ2) is 9.23. The van der Waals surface area contributed by atoms with Gasteiger partial charge in [-0.1, -0.05) is 65.7 Å². The van der Waals surface area contributed by atoms with Gasteiger partial charge in [0.15, 0.2) is 0 Å². The molecule has 0 aliphatic rings. The SMILES string of the molecule is N#C/C(=C\c1cc(Cl)ccc1OCc1cccc(Cl)c1)C(=O)c1ccccc1. The summed E-state index contributed by atoms with van der Waals surface area (Å²) in [7, 11) is 0. The van der Waals surface area contributed by atoms with Crippen molar-refractivity contribution in [3.63, 3.8) is 0 Å². The lowest BCUT2D eigenvalue weighted by atomic mass is 10.0. The van der Waals surface area contributed by atoms with Crippen molar-refractivity contribution in [2.45, 2.75) is 6.61 Å². The summed E-state index contributed by atoms with van der Waals surface area (Å²) >= 11 is 12.1. The van der Waals surface area contributed by atoms with Gasteiger partial charge in [-0.2, -0.15) is 5.26 Å². The van der Waals surface area contributed by atoms with Gasteiger partial charge < -0.3 is 4.74 Å². The minimum atomic E-state index is -0.358. The van der Waals surface area contributed by atoms with Crippen molar-refractivity contribution in [2.75, 3.05) is 0 Å². The molecular formula is C23H15Cl2NO2. The monoisotopic (exact) mass is 407 g/mol. The van der Waals surface area contributed by atoms with Crippen LogP contribution in [0.25, 0.3) is 6.08 Å². The molecular weight excluding hydrogens is 393 g/mol. The minimum absolute atomic E-state index is 0.000993. The molecule has 0 saturated carbocycles. The van der Waals surface area contributed by atoms with E-state index in [1.807, 2.05) is 30.3 Å². The van der Waals surface area contributed by atoms with Crippen molar-refractivity contribution < 1.29 is 9.53 Å². The van der Waals surface area contributed by atoms with Crippen LogP contribution in [0.4, 0.5) is 0 Å². The quantitative estimate of drug-likeness (QED) is 0.271. The fraction of sp³-hybridized carbons (Fsp3) is 0.0435. The first-order valence-electron chi connectivity index (χ1n) is 8.45. The maximum absolute atomic E-state index is 12.6. The van der Waals surface area contributed by atoms with Crippen molar-refractivity contribution in [1.29, 1.82) is 5.26 Å². The molecule has 0 saturated heterocycles. The fourth-order valence-electron chi connectivity index (χ4n) is 2.60. The van der Waals surface area contributed by atoms with Gasteiger partial charge in [-0.05, 0) is 42.0 Å². The lowest BCUT2D eigenvalue weighted by molar-refractivity contribution is 0.104. The van der Waals surface area contributed by atoms with E-state index in [4.69, 9.17) is 27.9 Å². The largest absolute Gasteiger partial charge is 0.488 e. The van der Waals surface area contributed by atoms with Crippen molar-refractivity contribution >= 4 is 35.1 Å². The molecule has 3 aromatic rings. The van der Waals surface area contributed by atoms with Gasteiger partial charge >= 0.3 is 0 Å². The zero-order chi connectivity index (χ0) is 19.9. The Morgan fingerprint density at radius 3 is 2.43 bits per heavy atom. The number of allylic oxidation sites excluding steroid dienone is 1. The summed E-state index contributed by atoms with van der Waals surface area (Å²) < 4.78 is 5.88. The molecule has 3 aromatic carbocycles. The average Bonchev–Trinajstić information content (AvgIpc) is 2.71. The number of nitrogens with zero attached hydrogens (tertiary/aromatic N) is 1. The number of ether oxygens (including phenoxy) is 1. The van der Waals surface area contributed by atoms with E-state index in [-0.39, 0.29) is 18.0 Å². The first kappa shape index (κ1) is 19.7. The van der Waals surface area contributed by atoms with Crippen LogP contribution < -0.4 is 4.74 Å². The van der Waals surface area contributed by atoms with Gasteiger partial charge in [0, 0.05) is 21.2 Å². The molecule has 0 unspecified atom stereocenters. The Labute approximate surface area is 173 Å². The Balaban J connectivity index is 1.90. The van der Waals surface area contributed by atoms with Gasteiger partial charge in [0.25, 0.3) is 0 Å². The molecule has 5 heteroatoms. The molecule has 0 bridgehead atoms. The highest BCUT2D eigenvalue weighted by Gasteiger charge is 2.13. The van der Waals surface area contributed by atoms with E-state index in [9.17, 15) is 10.1 Å². The van der Waals surface area contributed by atoms with Gasteiger partial charge in [0.1, 0.15) is 24.0 Å². The van der Waals surface area contributed by atoms with Gasteiger partial charge in [0.05, 0.1) is 0 Å². The van der Waals surface area contributed by atoms with Crippen LogP contribution in [0, 0.1) is 11.3 Å². The zero-order valence-corrected chi connectivity index (χ0v) is 16.2. The topological polar surface area (TPSA) is 50.1 Å². The molecule has 3 rings (SSSR count). The van der Waals surface area contributed by atoms with E-state index in [0.717, 1.165) is 5.56 Å². The normalized spacial score (nSPS) is 11.0. The number of halogens is 2. The summed E-state index contributed by atoms with van der Waals surface area (Å²) in [5.41, 5.74) is 1.90. The van der Waals surface area contributed by atoms with Crippen LogP contribution in [0.2, 0.25) is 10.0 Å². The van der Waals surface area contributed by atoms with E-state index in [0.29, 0.717) is 26.9 Å². The fourth-order valence-corrected chi connectivity index (χ4v) is 2.99. The Kier molecular flexibility index (Phi) is 6.49. The highest BCUT2D eigenvalue weighted by atomic mass is 35.5. The van der Waals surface area contributed by atoms with Crippen molar-refractivity contribution in [1.82, 2.24) is 0 Å². The third kappa shape index (κ3) is 5.01. The molecule has 138 valence electrons. The van der Waals surface area contributed by atoms with Gasteiger partial charge in [-0.25, -0.2) is 0 Å². The number of rotatable bonds is 6. The molecule has 0 heterocycles. The van der Waals surface area contributed by atoms with Crippen LogP contribution in [0.5, 0.6) is 5.75 Å². The third-order valence-corrected chi connectivity index (χ3v) is 4.43. The lowest BCUT2D eigenvalue weighted by Crippen LogP contribution is -2.02. The van der Waals surface area contributed by atoms with Gasteiger partial charge in [-0.15, -0.1) is 0 Å². The van der Waals surface area contributed by atoms with Crippen LogP contribution >= 0.6 is 23.2 Å². The van der Waals surface area contributed by atoms with E-state index in [2.05, 4.69) is 0 Å². The summed E-state index contributed by atoms with van der Waals surface area (Å²) in [6.45, 7) is 0.289. The summed E-state index contributed by atoms with van der Waals surface area (Å²) in [5.74, 6) is 0.154. The van der Waals surface area contributed by atoms with E-state index >= 15 is 0 Å². The average molecular weight is 408 g/mol. The molecule has 0 amide bonds. The molecule has 0 radical (unpaired) electrons. The first-order chi connectivity index (χ1) is 13.6. The van der Waals surface area contributed by atoms with Gasteiger partial charge in [-0.3, -0.25) is 4.79 Å². The number of carbonyl (C=O) groups excluding carboxylic acids is 1. The zero-order valence-electron chi connectivity index (χ0n) is 14.7. The Morgan fingerprint density at radius 1 is 0.964 bits per heavy atom. The molecule has 0 atom stereocenters. The molecule has 0 N–H and O–H groups in total. The number of ketones is 1. The third-order valence-electron chi connectivity index (χ3n) is 3.96. The molecule has 28 heavy (non-hydrogen) atoms. The number of Topliss-reactive ketones (excluding diaryl/α,β-unsaturated/α-hetero) is 1. The van der Waals surface area contributed by atoms with Crippen molar-refractivity contribution in [3.8, 4) is 11.8 Å². The Hall–Kier alpha value is -3.06. The van der Waals surface area contributed by atoms with Crippen molar-refractivity contribution in [2.24, 2.45) is 0 Å². The minimum Gasteiger partial charge on any atom is -0.488 e. The predicted octanol–water partition coefficient (Wildman–Crippen LogP) is 6.36. The smallest absolute Gasteiger partial charge is 0.203 e. The molecule has 0 aliphatic heterocycles. The second-order valence-corrected chi connectivity index (χ2v) is 6.84. The number of hydrogen-bond acceptors (Lipinski definition) is 3. The molecule has 0 fully saturated rings. The maximum atomic E-state index is 12.6. The summed E-state index contributed by atoms with van der Waals surface area (Å²) in [5, 5.41) is 10.6. The first-order valence-corrected chi connectivity index (χ1v) is 9.21. The van der Waals surface area contributed by atoms with Crippen LogP contribution in [-0.4, -0.2) is 5.78 Å². The van der Waals surface area contributed by atoms with E-state index in [1.165, 1.54) is 6.08 Å². The Bertz CT molecular complexity index is 1070. The standard InChI is InChI=1S/C23H15Cl2NO2/c24-20-8-4-5-16(11-20)15-28-22-10-9-21(25)13-18(22)12-19(14-26)23(27)17-6-2-1-3-7-17/h1-13H,15H2/b19-12+. The van der Waals surface area contributed by atoms with Gasteiger partial charge in [0.2, 0.25) is 5.78 Å². The van der Waals surface area contributed by atoms with Crippen molar-refractivity contribution in [3.05, 3.63) is 105 Å². The molecule has 0 spiro atoms. The Morgan fingerprint density at radius 2 is 1.71 bits per heavy atom. The predicted molar refractivity (Wildman–Crippen MR) is 112 cm³/mol. The molecule has 0 aliphatic carbocycles. The number of benzene rings is 3. The lowest BCUT2D eigenvalue weighted by Gasteiger charge is -2.11. The van der Waals surface area contributed by atoms with Crippen LogP contribution in [0.3, 0.4) is 0 Å². The highest BCUT2D eigenvalue weighted by Crippen LogP contribution is 2.27. The number of carbonyl (C=O) groups is 1. The van der Waals surface area contributed by atoms with Crippen LogP contribution in [0.15, 0.2) is 78.4 Å². The maximum Gasteiger partial charge on any atom is 0.203 e. The van der Waals surface area contributed by atoms with E-state index < -0.39 is 0 Å². The molecule has 0 aromatic heterocycles. The van der Waals surface area contributed by atoms with Crippen LogP contribution in [0.1, 0.15) is 21.5 Å². The summed E-state index contributed by atoms with van der Waals surface area (Å²) in [6, 6.07) is 23.0. The molecule has 3 nitrogen and oxygen atoms in total. The number of nitriles is 1. The van der Waals surface area contributed by atoms with E-state index in [1.54, 1.807) is 48.5 Å².